The van der Waals surface area contributed by atoms with Crippen LogP contribution in [0.25, 0.3) is 94.3 Å². The van der Waals surface area contributed by atoms with Crippen molar-refractivity contribution < 1.29 is 6.85 Å². The smallest absolute Gasteiger partial charge is 0.252 e. The predicted molar refractivity (Wildman–Crippen MR) is 440 cm³/mol. The van der Waals surface area contributed by atoms with Gasteiger partial charge in [0.1, 0.15) is 0 Å². The highest BCUT2D eigenvalue weighted by Gasteiger charge is 2.45. The zero-order chi connectivity index (χ0) is 73.9. The van der Waals surface area contributed by atoms with E-state index in [1.54, 1.807) is 0 Å². The molecule has 0 amide bonds. The van der Waals surface area contributed by atoms with Crippen LogP contribution in [0.3, 0.4) is 0 Å². The second kappa shape index (κ2) is 25.3. The lowest BCUT2D eigenvalue weighted by atomic mass is 9.33. The number of para-hydroxylation sites is 3. The summed E-state index contributed by atoms with van der Waals surface area (Å²) in [6.07, 6.45) is 0. The van der Waals surface area contributed by atoms with E-state index in [4.69, 9.17) is 4.11 Å². The quantitative estimate of drug-likeness (QED) is 0.113. The number of aromatic nitrogens is 1. The van der Waals surface area contributed by atoms with Gasteiger partial charge in [-0.05, 0) is 220 Å². The van der Waals surface area contributed by atoms with Gasteiger partial charge in [-0.15, -0.1) is 0 Å². The number of hydrogen-bond donors (Lipinski definition) is 0. The average Bonchev–Trinajstić information content (AvgIpc) is 0.836. The average molecular weight is 1330 g/mol. The van der Waals surface area contributed by atoms with E-state index < -0.39 is 12.8 Å². The van der Waals surface area contributed by atoms with Gasteiger partial charge in [-0.2, -0.15) is 0 Å². The van der Waals surface area contributed by atoms with Gasteiger partial charge in [-0.1, -0.05) is 284 Å². The monoisotopic (exact) mass is 1330 g/mol. The standard InChI is InChI=1S/C98H77BN4/c1-97(2,3)78-55-76(56-79(64-78)98(4,5)6)77-62-94-96-95(63-77)103(85-59-74(69-35-19-10-20-36-69)54-75(60-85)70-37-21-11-22-38-70)93-65-83(100(80-39-23-12-24-40-80)81-46-48-82(49-47-81)101-90-43-27-25-41-86(90)87-42-26-28-44-91(87)101)50-52-89(93)99(96)88-51-45-71(66-29-13-7-14-30-66)61-92(88)102(94)84-57-72(67-31-15-8-16-32-67)53-73(58-84)68-33-17-9-18-34-68/h7-65H,1-6H3/i7D,13D,14D,29D,30D. The van der Waals surface area contributed by atoms with Crippen LogP contribution in [0.15, 0.2) is 358 Å². The SMILES string of the molecule is [2H]c1c([2H])c([2H])c(-c2ccc3c(c2)N(c2cc(-c4ccccc4)cc(-c4ccccc4)c2)c2cc(-c4cc(C(C)(C)C)cc(C(C)(C)C)c4)cc4c2B3c2ccc(N(c3ccccc3)c3ccc(-n5c6ccccc6c6ccccc65)cc3)cc2N4c2cc(-c3ccccc3)cc(-c3ccccc3)c2)c([2H])c1[2H]. The minimum atomic E-state index is -0.436. The molecule has 0 saturated carbocycles. The summed E-state index contributed by atoms with van der Waals surface area (Å²) in [7, 11) is 0. The third-order valence-electron chi connectivity index (χ3n) is 20.8. The Kier molecular flexibility index (Phi) is 14.1. The Balaban J connectivity index is 0.967. The van der Waals surface area contributed by atoms with E-state index in [0.717, 1.165) is 140 Å². The molecule has 0 unspecified atom stereocenters. The Morgan fingerprint density at radius 1 is 0.282 bits per heavy atom. The second-order valence-electron chi connectivity index (χ2n) is 29.4. The van der Waals surface area contributed by atoms with Crippen LogP contribution in [0.5, 0.6) is 0 Å². The molecule has 0 fully saturated rings. The normalized spacial score (nSPS) is 13.2. The fourth-order valence-corrected chi connectivity index (χ4v) is 15.7. The van der Waals surface area contributed by atoms with Crippen molar-refractivity contribution in [3.8, 4) is 72.4 Å². The number of fused-ring (bicyclic) bond motifs is 7. The molecule has 0 bridgehead atoms. The molecule has 15 aromatic carbocycles. The van der Waals surface area contributed by atoms with E-state index in [0.29, 0.717) is 5.56 Å². The molecule has 1 aromatic heterocycles. The first-order valence-corrected chi connectivity index (χ1v) is 35.7. The highest BCUT2D eigenvalue weighted by Crippen LogP contribution is 2.51. The van der Waals surface area contributed by atoms with Gasteiger partial charge in [0, 0.05) is 67.6 Å². The molecule has 2 aliphatic heterocycles. The molecule has 492 valence electrons. The van der Waals surface area contributed by atoms with Crippen molar-refractivity contribution in [2.45, 2.75) is 52.4 Å². The Labute approximate surface area is 612 Å². The van der Waals surface area contributed by atoms with Crippen molar-refractivity contribution in [1.29, 1.82) is 0 Å². The minimum Gasteiger partial charge on any atom is -0.311 e. The molecule has 103 heavy (non-hydrogen) atoms. The predicted octanol–water partition coefficient (Wildman–Crippen LogP) is 24.9. The summed E-state index contributed by atoms with van der Waals surface area (Å²) in [6, 6.07) is 117. The first kappa shape index (κ1) is 57.3. The van der Waals surface area contributed by atoms with Crippen LogP contribution >= 0.6 is 0 Å². The topological polar surface area (TPSA) is 14.7 Å². The van der Waals surface area contributed by atoms with Gasteiger partial charge in [0.15, 0.2) is 0 Å². The third-order valence-corrected chi connectivity index (χ3v) is 20.8. The van der Waals surface area contributed by atoms with Gasteiger partial charge in [0.2, 0.25) is 0 Å². The van der Waals surface area contributed by atoms with E-state index in [9.17, 15) is 2.74 Å². The van der Waals surface area contributed by atoms with Crippen LogP contribution in [0.2, 0.25) is 0 Å². The van der Waals surface area contributed by atoms with Gasteiger partial charge in [-0.3, -0.25) is 0 Å². The highest BCUT2D eigenvalue weighted by atomic mass is 15.2. The summed E-state index contributed by atoms with van der Waals surface area (Å²) in [6.45, 7) is 13.4. The summed E-state index contributed by atoms with van der Waals surface area (Å²) >= 11 is 0. The molecular weight excluding hydrogens is 1240 g/mol. The van der Waals surface area contributed by atoms with Gasteiger partial charge in [-0.25, -0.2) is 0 Å². The molecule has 0 spiro atoms. The van der Waals surface area contributed by atoms with E-state index in [2.05, 4.69) is 382 Å². The zero-order valence-corrected chi connectivity index (χ0v) is 58.5. The molecule has 4 nitrogen and oxygen atoms in total. The van der Waals surface area contributed by atoms with E-state index >= 15 is 0 Å². The fourth-order valence-electron chi connectivity index (χ4n) is 15.7. The Morgan fingerprint density at radius 3 is 1.13 bits per heavy atom. The minimum absolute atomic E-state index is 0.136. The molecule has 18 rings (SSSR count). The second-order valence-corrected chi connectivity index (χ2v) is 29.4. The van der Waals surface area contributed by atoms with Crippen LogP contribution < -0.4 is 31.1 Å². The molecule has 2 aliphatic rings. The number of rotatable bonds is 12. The van der Waals surface area contributed by atoms with Crippen LogP contribution in [-0.4, -0.2) is 11.3 Å². The lowest BCUT2D eigenvalue weighted by molar-refractivity contribution is 0.569. The van der Waals surface area contributed by atoms with Crippen molar-refractivity contribution in [3.63, 3.8) is 0 Å². The largest absolute Gasteiger partial charge is 0.311 e. The zero-order valence-electron chi connectivity index (χ0n) is 63.5. The van der Waals surface area contributed by atoms with Gasteiger partial charge >= 0.3 is 0 Å². The highest BCUT2D eigenvalue weighted by molar-refractivity contribution is 7.00. The number of hydrogen-bond acceptors (Lipinski definition) is 3. The molecule has 0 atom stereocenters. The number of anilines is 9. The molecule has 0 N–H and O–H groups in total. The fraction of sp³-hybridized carbons (Fsp3) is 0.0816. The molecule has 16 aromatic rings. The molecule has 3 heterocycles. The Bertz CT molecular complexity index is 5980. The molecule has 5 heteroatoms. The molecule has 0 radical (unpaired) electrons. The van der Waals surface area contributed by atoms with Crippen molar-refractivity contribution in [2.75, 3.05) is 14.7 Å². The van der Waals surface area contributed by atoms with E-state index in [1.807, 2.05) is 6.07 Å². The summed E-state index contributed by atoms with van der Waals surface area (Å²) in [5.41, 5.74) is 28.2. The van der Waals surface area contributed by atoms with Crippen molar-refractivity contribution in [2.24, 2.45) is 0 Å². The van der Waals surface area contributed by atoms with E-state index in [-0.39, 0.29) is 40.6 Å². The first-order valence-electron chi connectivity index (χ1n) is 38.2. The summed E-state index contributed by atoms with van der Waals surface area (Å²) in [5.74, 6) is 0. The van der Waals surface area contributed by atoms with Crippen molar-refractivity contribution in [3.05, 3.63) is 369 Å². The Hall–Kier alpha value is -12.4. The van der Waals surface area contributed by atoms with Crippen LogP contribution in [0, 0.1) is 0 Å². The maximum absolute atomic E-state index is 9.57. The van der Waals surface area contributed by atoms with Crippen LogP contribution in [-0.2, 0) is 10.8 Å². The summed E-state index contributed by atoms with van der Waals surface area (Å²) in [4.78, 5) is 7.33. The van der Waals surface area contributed by atoms with Crippen molar-refractivity contribution >= 4 is 96.1 Å². The van der Waals surface area contributed by atoms with Gasteiger partial charge < -0.3 is 19.3 Å². The lowest BCUT2D eigenvalue weighted by Crippen LogP contribution is -2.61. The number of benzene rings is 15. The lowest BCUT2D eigenvalue weighted by Gasteiger charge is -2.45. The molecular formula is C98H77BN4. The molecule has 0 aliphatic carbocycles. The van der Waals surface area contributed by atoms with Crippen molar-refractivity contribution in [1.82, 2.24) is 4.57 Å². The maximum atomic E-state index is 9.57. The van der Waals surface area contributed by atoms with Crippen LogP contribution in [0.1, 0.15) is 59.5 Å². The van der Waals surface area contributed by atoms with E-state index in [1.165, 1.54) is 21.9 Å². The summed E-state index contributed by atoms with van der Waals surface area (Å²) in [5, 5.41) is 2.41. The number of nitrogens with zero attached hydrogens (tertiary/aromatic N) is 4. The maximum Gasteiger partial charge on any atom is 0.252 e. The third kappa shape index (κ3) is 11.4. The van der Waals surface area contributed by atoms with Gasteiger partial charge in [0.05, 0.1) is 17.9 Å². The van der Waals surface area contributed by atoms with Gasteiger partial charge in [0.25, 0.3) is 6.71 Å². The molecule has 0 saturated heterocycles. The Morgan fingerprint density at radius 2 is 0.660 bits per heavy atom. The van der Waals surface area contributed by atoms with Crippen LogP contribution in [0.4, 0.5) is 51.2 Å². The summed E-state index contributed by atoms with van der Waals surface area (Å²) < 4.78 is 48.5. The first-order chi connectivity index (χ1) is 52.4.